The molecular formula is C25H29ClN4O2S. The lowest BCUT2D eigenvalue weighted by atomic mass is 10.0. The molecule has 0 aliphatic carbocycles. The van der Waals surface area contributed by atoms with Crippen molar-refractivity contribution in [1.82, 2.24) is 9.88 Å². The molecule has 1 aromatic carbocycles. The number of fused-ring (bicyclic) bond motifs is 1. The fourth-order valence-corrected chi connectivity index (χ4v) is 5.69. The minimum atomic E-state index is -0.209. The van der Waals surface area contributed by atoms with Crippen LogP contribution in [0.5, 0.6) is 5.75 Å². The molecule has 174 valence electrons. The number of carbonyl (C=O) groups excluding carboxylic acids is 1. The summed E-state index contributed by atoms with van der Waals surface area (Å²) in [6.07, 6.45) is 5.13. The number of nitrogens with zero attached hydrogens (tertiary/aromatic N) is 3. The normalized spacial score (nSPS) is 17.6. The van der Waals surface area contributed by atoms with Gasteiger partial charge in [0.15, 0.2) is 6.61 Å². The van der Waals surface area contributed by atoms with Crippen LogP contribution in [0, 0.1) is 6.92 Å². The molecule has 2 aliphatic heterocycles. The van der Waals surface area contributed by atoms with Gasteiger partial charge in [-0.05, 0) is 75.5 Å². The molecule has 0 radical (unpaired) electrons. The van der Waals surface area contributed by atoms with Gasteiger partial charge in [0.05, 0.1) is 9.85 Å². The van der Waals surface area contributed by atoms with Crippen LogP contribution >= 0.6 is 22.9 Å². The van der Waals surface area contributed by atoms with Crippen molar-refractivity contribution >= 4 is 51.3 Å². The molecule has 8 heteroatoms. The first-order valence-electron chi connectivity index (χ1n) is 11.6. The molecule has 0 bridgehead atoms. The Hall–Kier alpha value is -2.35. The molecule has 2 saturated heterocycles. The van der Waals surface area contributed by atoms with E-state index in [-0.39, 0.29) is 12.5 Å². The van der Waals surface area contributed by atoms with Gasteiger partial charge in [-0.1, -0.05) is 11.6 Å². The number of carbonyl (C=O) groups is 1. The zero-order chi connectivity index (χ0) is 22.8. The first-order valence-corrected chi connectivity index (χ1v) is 12.9. The quantitative estimate of drug-likeness (QED) is 0.511. The number of hydrogen-bond acceptors (Lipinski definition) is 6. The Bertz CT molecular complexity index is 1140. The smallest absolute Gasteiger partial charge is 0.262 e. The molecule has 1 N–H and O–H groups in total. The van der Waals surface area contributed by atoms with E-state index >= 15 is 0 Å². The summed E-state index contributed by atoms with van der Waals surface area (Å²) < 4.78 is 6.13. The number of hydrogen-bond donors (Lipinski definition) is 1. The zero-order valence-corrected chi connectivity index (χ0v) is 20.4. The van der Waals surface area contributed by atoms with Crippen LogP contribution in [-0.2, 0) is 4.79 Å². The third kappa shape index (κ3) is 5.26. The molecule has 0 saturated carbocycles. The Morgan fingerprint density at radius 3 is 2.70 bits per heavy atom. The molecule has 2 aromatic heterocycles. The number of halogens is 1. The highest BCUT2D eigenvalue weighted by molar-refractivity contribution is 7.14. The van der Waals surface area contributed by atoms with Gasteiger partial charge in [-0.15, -0.1) is 11.3 Å². The van der Waals surface area contributed by atoms with Crippen LogP contribution in [-0.4, -0.2) is 54.6 Å². The molecule has 1 amide bonds. The molecule has 2 fully saturated rings. The lowest BCUT2D eigenvalue weighted by Gasteiger charge is -2.37. The van der Waals surface area contributed by atoms with Crippen molar-refractivity contribution in [3.8, 4) is 5.75 Å². The highest BCUT2D eigenvalue weighted by atomic mass is 35.5. The summed E-state index contributed by atoms with van der Waals surface area (Å²) in [5, 5.41) is 5.75. The number of anilines is 2. The lowest BCUT2D eigenvalue weighted by molar-refractivity contribution is -0.118. The Kier molecular flexibility index (Phi) is 6.71. The van der Waals surface area contributed by atoms with E-state index < -0.39 is 0 Å². The molecule has 0 atom stereocenters. The first-order chi connectivity index (χ1) is 16.0. The van der Waals surface area contributed by atoms with E-state index in [4.69, 9.17) is 21.3 Å². The number of rotatable bonds is 6. The van der Waals surface area contributed by atoms with Crippen LogP contribution < -0.4 is 15.0 Å². The maximum absolute atomic E-state index is 12.3. The summed E-state index contributed by atoms with van der Waals surface area (Å²) >= 11 is 7.27. The minimum absolute atomic E-state index is 0.0609. The number of aryl methyl sites for hydroxylation is 1. The fourth-order valence-electron chi connectivity index (χ4n) is 4.90. The number of pyridine rings is 1. The molecule has 5 rings (SSSR count). The second-order valence-corrected chi connectivity index (χ2v) is 10.5. The zero-order valence-electron chi connectivity index (χ0n) is 18.8. The summed E-state index contributed by atoms with van der Waals surface area (Å²) in [4.78, 5) is 22.3. The number of benzene rings is 1. The van der Waals surface area contributed by atoms with Crippen LogP contribution in [0.1, 0.15) is 31.2 Å². The summed E-state index contributed by atoms with van der Waals surface area (Å²) in [7, 11) is 0. The van der Waals surface area contributed by atoms with Crippen molar-refractivity contribution in [2.75, 3.05) is 43.0 Å². The maximum Gasteiger partial charge on any atom is 0.262 e. The van der Waals surface area contributed by atoms with Gasteiger partial charge in [0.1, 0.15) is 11.6 Å². The largest absolute Gasteiger partial charge is 0.483 e. The van der Waals surface area contributed by atoms with Gasteiger partial charge in [-0.3, -0.25) is 4.79 Å². The highest BCUT2D eigenvalue weighted by Crippen LogP contribution is 2.29. The Morgan fingerprint density at radius 2 is 1.97 bits per heavy atom. The van der Waals surface area contributed by atoms with E-state index in [1.54, 1.807) is 11.4 Å². The summed E-state index contributed by atoms with van der Waals surface area (Å²) in [5.41, 5.74) is 2.86. The molecular weight excluding hydrogens is 456 g/mol. The van der Waals surface area contributed by atoms with Gasteiger partial charge in [0.25, 0.3) is 5.91 Å². The van der Waals surface area contributed by atoms with Crippen molar-refractivity contribution in [3.05, 3.63) is 45.6 Å². The summed E-state index contributed by atoms with van der Waals surface area (Å²) in [5.74, 6) is 1.45. The monoisotopic (exact) mass is 484 g/mol. The molecule has 3 aromatic rings. The minimum Gasteiger partial charge on any atom is -0.483 e. The molecule has 33 heavy (non-hydrogen) atoms. The number of aromatic nitrogens is 1. The van der Waals surface area contributed by atoms with Gasteiger partial charge in [0, 0.05) is 41.7 Å². The molecule has 0 spiro atoms. The van der Waals surface area contributed by atoms with Crippen molar-refractivity contribution in [1.29, 1.82) is 0 Å². The SMILES string of the molecule is Cc1cc(N2CCC(N3CCCC3)CC2)nc2ccc(NC(=O)COc3csc(Cl)c3)cc12. The van der Waals surface area contributed by atoms with E-state index in [2.05, 4.69) is 28.1 Å². The van der Waals surface area contributed by atoms with Gasteiger partial charge in [-0.2, -0.15) is 0 Å². The molecule has 2 aliphatic rings. The predicted octanol–water partition coefficient (Wildman–Crippen LogP) is 5.34. The summed E-state index contributed by atoms with van der Waals surface area (Å²) in [6.45, 7) is 6.70. The first kappa shape index (κ1) is 22.4. The van der Waals surface area contributed by atoms with Gasteiger partial charge in [-0.25, -0.2) is 4.98 Å². The standard InChI is InChI=1S/C25H29ClN4O2S/c1-17-12-24(30-10-6-19(7-11-30)29-8-2-3-9-29)28-22-5-4-18(13-21(17)22)27-25(31)15-32-20-14-23(26)33-16-20/h4-5,12-14,16,19H,2-3,6-11,15H2,1H3,(H,27,31). The van der Waals surface area contributed by atoms with Crippen LogP contribution in [0.2, 0.25) is 4.34 Å². The van der Waals surface area contributed by atoms with E-state index in [1.807, 2.05) is 18.2 Å². The fraction of sp³-hybridized carbons (Fsp3) is 0.440. The van der Waals surface area contributed by atoms with Crippen molar-refractivity contribution in [3.63, 3.8) is 0 Å². The lowest BCUT2D eigenvalue weighted by Crippen LogP contribution is -2.44. The topological polar surface area (TPSA) is 57.7 Å². The van der Waals surface area contributed by atoms with Crippen molar-refractivity contribution in [2.24, 2.45) is 0 Å². The van der Waals surface area contributed by atoms with E-state index in [1.165, 1.54) is 50.1 Å². The van der Waals surface area contributed by atoms with Crippen molar-refractivity contribution in [2.45, 2.75) is 38.6 Å². The molecule has 6 nitrogen and oxygen atoms in total. The van der Waals surface area contributed by atoms with E-state index in [9.17, 15) is 4.79 Å². The number of thiophene rings is 1. The van der Waals surface area contributed by atoms with Crippen LogP contribution in [0.4, 0.5) is 11.5 Å². The average molecular weight is 485 g/mol. The van der Waals surface area contributed by atoms with Gasteiger partial charge >= 0.3 is 0 Å². The number of nitrogens with one attached hydrogen (secondary N) is 1. The number of amides is 1. The second-order valence-electron chi connectivity index (χ2n) is 8.91. The average Bonchev–Trinajstić information content (AvgIpc) is 3.50. The van der Waals surface area contributed by atoms with Crippen LogP contribution in [0.25, 0.3) is 10.9 Å². The predicted molar refractivity (Wildman–Crippen MR) is 136 cm³/mol. The maximum atomic E-state index is 12.3. The highest BCUT2D eigenvalue weighted by Gasteiger charge is 2.27. The van der Waals surface area contributed by atoms with Crippen molar-refractivity contribution < 1.29 is 9.53 Å². The molecule has 4 heterocycles. The van der Waals surface area contributed by atoms with E-state index in [0.29, 0.717) is 10.1 Å². The van der Waals surface area contributed by atoms with Crippen LogP contribution in [0.15, 0.2) is 35.7 Å². The van der Waals surface area contributed by atoms with Gasteiger partial charge in [0.2, 0.25) is 0 Å². The number of ether oxygens (including phenoxy) is 1. The van der Waals surface area contributed by atoms with Gasteiger partial charge < -0.3 is 19.9 Å². The van der Waals surface area contributed by atoms with Crippen LogP contribution in [0.3, 0.4) is 0 Å². The second kappa shape index (κ2) is 9.87. The Balaban J connectivity index is 1.22. The third-order valence-corrected chi connectivity index (χ3v) is 7.71. The summed E-state index contributed by atoms with van der Waals surface area (Å²) in [6, 6.07) is 10.5. The Morgan fingerprint density at radius 1 is 1.18 bits per heavy atom. The third-order valence-electron chi connectivity index (χ3n) is 6.64. The molecule has 0 unspecified atom stereocenters. The Labute approximate surface area is 203 Å². The number of piperidine rings is 1. The van der Waals surface area contributed by atoms with E-state index in [0.717, 1.165) is 47.1 Å². The number of likely N-dealkylation sites (tertiary alicyclic amines) is 1.